The van der Waals surface area contributed by atoms with E-state index in [9.17, 15) is 9.90 Å². The van der Waals surface area contributed by atoms with Gasteiger partial charge < -0.3 is 20.6 Å². The van der Waals surface area contributed by atoms with Crippen LogP contribution in [0, 0.1) is 5.41 Å². The van der Waals surface area contributed by atoms with E-state index in [4.69, 9.17) is 0 Å². The van der Waals surface area contributed by atoms with Crippen LogP contribution in [0.25, 0.3) is 0 Å². The Bertz CT molecular complexity index is 1050. The van der Waals surface area contributed by atoms with Gasteiger partial charge in [-0.15, -0.1) is 0 Å². The van der Waals surface area contributed by atoms with Crippen LogP contribution in [0.5, 0.6) is 0 Å². The SMILES string of the molecule is CC(C)(C)NSc1cccc(NC(=O)c2ccc(NC(C)(C)CO)cc2N2CCC3(CC2)CC3)c1. The van der Waals surface area contributed by atoms with Crippen molar-refractivity contribution in [1.82, 2.24) is 4.72 Å². The van der Waals surface area contributed by atoms with E-state index in [-0.39, 0.29) is 18.1 Å². The summed E-state index contributed by atoms with van der Waals surface area (Å²) in [6, 6.07) is 13.8. The zero-order valence-corrected chi connectivity index (χ0v) is 22.5. The second kappa shape index (κ2) is 10.0. The molecule has 0 radical (unpaired) electrons. The Balaban J connectivity index is 1.55. The molecule has 190 valence electrons. The average Bonchev–Trinajstić information content (AvgIpc) is 3.56. The molecule has 2 aromatic rings. The highest BCUT2D eigenvalue weighted by molar-refractivity contribution is 7.97. The number of anilines is 3. The summed E-state index contributed by atoms with van der Waals surface area (Å²) in [5.74, 6) is -0.106. The van der Waals surface area contributed by atoms with Crippen LogP contribution in [-0.2, 0) is 0 Å². The molecule has 4 rings (SSSR count). The molecule has 4 N–H and O–H groups in total. The molecule has 2 aliphatic rings. The summed E-state index contributed by atoms with van der Waals surface area (Å²) in [4.78, 5) is 16.9. The van der Waals surface area contributed by atoms with E-state index in [0.717, 1.165) is 35.0 Å². The molecule has 0 atom stereocenters. The first-order valence-electron chi connectivity index (χ1n) is 12.6. The van der Waals surface area contributed by atoms with Crippen LogP contribution in [0.1, 0.15) is 70.7 Å². The number of carbonyl (C=O) groups excluding carboxylic acids is 1. The van der Waals surface area contributed by atoms with Crippen LogP contribution >= 0.6 is 11.9 Å². The lowest BCUT2D eigenvalue weighted by Crippen LogP contribution is -2.37. The number of carbonyl (C=O) groups is 1. The summed E-state index contributed by atoms with van der Waals surface area (Å²) in [5.41, 5.74) is 3.43. The third-order valence-corrected chi connectivity index (χ3v) is 8.01. The number of amides is 1. The molecule has 1 saturated carbocycles. The first kappa shape index (κ1) is 25.9. The third kappa shape index (κ3) is 6.93. The first-order valence-corrected chi connectivity index (χ1v) is 13.4. The standard InChI is InChI=1S/C28H40N4O2S/c1-26(2,3)31-35-22-8-6-7-20(17-22)29-25(34)23-10-9-21(30-27(4,5)19-33)18-24(23)32-15-13-28(11-12-28)14-16-32/h6-10,17-18,30-31,33H,11-16,19H2,1-5H3,(H,29,34). The van der Waals surface area contributed by atoms with Gasteiger partial charge in [-0.1, -0.05) is 6.07 Å². The van der Waals surface area contributed by atoms with Crippen molar-refractivity contribution in [3.05, 3.63) is 48.0 Å². The number of rotatable bonds is 8. The molecule has 2 fully saturated rings. The molecule has 6 nitrogen and oxygen atoms in total. The molecule has 1 amide bonds. The zero-order chi connectivity index (χ0) is 25.3. The molecule has 1 aliphatic carbocycles. The largest absolute Gasteiger partial charge is 0.394 e. The van der Waals surface area contributed by atoms with Gasteiger partial charge in [-0.3, -0.25) is 9.52 Å². The van der Waals surface area contributed by atoms with Crippen LogP contribution in [0.4, 0.5) is 17.1 Å². The van der Waals surface area contributed by atoms with Gasteiger partial charge in [0.25, 0.3) is 5.91 Å². The molecule has 2 aromatic carbocycles. The topological polar surface area (TPSA) is 76.6 Å². The van der Waals surface area contributed by atoms with E-state index in [0.29, 0.717) is 11.0 Å². The smallest absolute Gasteiger partial charge is 0.257 e. The van der Waals surface area contributed by atoms with E-state index in [2.05, 4.69) is 47.1 Å². The van der Waals surface area contributed by atoms with Crippen molar-refractivity contribution >= 4 is 34.9 Å². The summed E-state index contributed by atoms with van der Waals surface area (Å²) < 4.78 is 3.42. The third-order valence-electron chi connectivity index (χ3n) is 6.81. The highest BCUT2D eigenvalue weighted by Crippen LogP contribution is 2.54. The Morgan fingerprint density at radius 1 is 1.00 bits per heavy atom. The Morgan fingerprint density at radius 3 is 2.34 bits per heavy atom. The van der Waals surface area contributed by atoms with Crippen molar-refractivity contribution in [2.24, 2.45) is 5.41 Å². The summed E-state index contributed by atoms with van der Waals surface area (Å²) in [7, 11) is 0. The highest BCUT2D eigenvalue weighted by atomic mass is 32.2. The van der Waals surface area contributed by atoms with E-state index in [1.165, 1.54) is 25.7 Å². The maximum Gasteiger partial charge on any atom is 0.257 e. The van der Waals surface area contributed by atoms with Crippen molar-refractivity contribution < 1.29 is 9.90 Å². The summed E-state index contributed by atoms with van der Waals surface area (Å²) in [5, 5.41) is 16.2. The van der Waals surface area contributed by atoms with Crippen molar-refractivity contribution in [3.63, 3.8) is 0 Å². The number of aliphatic hydroxyl groups excluding tert-OH is 1. The summed E-state index contributed by atoms with van der Waals surface area (Å²) in [6.07, 6.45) is 5.07. The molecule has 0 aromatic heterocycles. The van der Waals surface area contributed by atoms with E-state index < -0.39 is 5.54 Å². The number of nitrogens with one attached hydrogen (secondary N) is 3. The van der Waals surface area contributed by atoms with Crippen LogP contribution in [0.3, 0.4) is 0 Å². The normalized spacial score (nSPS) is 17.4. The molecule has 1 saturated heterocycles. The Labute approximate surface area is 214 Å². The van der Waals surface area contributed by atoms with Gasteiger partial charge in [-0.05, 0) is 114 Å². The summed E-state index contributed by atoms with van der Waals surface area (Å²) in [6.45, 7) is 12.3. The predicted octanol–water partition coefficient (Wildman–Crippen LogP) is 5.90. The number of hydrogen-bond acceptors (Lipinski definition) is 6. The minimum absolute atomic E-state index is 0.00726. The minimum atomic E-state index is -0.444. The first-order chi connectivity index (χ1) is 16.5. The molecular weight excluding hydrogens is 456 g/mol. The van der Waals surface area contributed by atoms with Crippen molar-refractivity contribution in [1.29, 1.82) is 0 Å². The number of aliphatic hydroxyl groups is 1. The van der Waals surface area contributed by atoms with E-state index in [1.807, 2.05) is 50.2 Å². The van der Waals surface area contributed by atoms with Crippen LogP contribution in [-0.4, -0.2) is 41.8 Å². The van der Waals surface area contributed by atoms with Gasteiger partial charge in [0.2, 0.25) is 0 Å². The Hall–Kier alpha value is -2.22. The fraction of sp³-hybridized carbons (Fsp3) is 0.536. The molecule has 1 aliphatic heterocycles. The van der Waals surface area contributed by atoms with Crippen LogP contribution in [0.2, 0.25) is 0 Å². The average molecular weight is 497 g/mol. The number of hydrogen-bond donors (Lipinski definition) is 4. The molecule has 35 heavy (non-hydrogen) atoms. The molecular formula is C28H40N4O2S. The second-order valence-corrected chi connectivity index (χ2v) is 12.7. The summed E-state index contributed by atoms with van der Waals surface area (Å²) >= 11 is 1.57. The Morgan fingerprint density at radius 2 is 1.71 bits per heavy atom. The molecule has 1 heterocycles. The zero-order valence-electron chi connectivity index (χ0n) is 21.7. The Kier molecular flexibility index (Phi) is 7.41. The van der Waals surface area contributed by atoms with Gasteiger partial charge >= 0.3 is 0 Å². The van der Waals surface area contributed by atoms with Gasteiger partial charge in [-0.25, -0.2) is 0 Å². The van der Waals surface area contributed by atoms with Crippen molar-refractivity contribution in [2.75, 3.05) is 35.2 Å². The fourth-order valence-corrected chi connectivity index (χ4v) is 5.20. The maximum absolute atomic E-state index is 13.5. The molecule has 1 spiro atoms. The van der Waals surface area contributed by atoms with Crippen molar-refractivity contribution in [2.45, 2.75) is 76.3 Å². The van der Waals surface area contributed by atoms with Gasteiger partial charge in [-0.2, -0.15) is 0 Å². The molecule has 7 heteroatoms. The second-order valence-electron chi connectivity index (χ2n) is 11.8. The van der Waals surface area contributed by atoms with Crippen LogP contribution < -0.4 is 20.3 Å². The number of benzene rings is 2. The monoisotopic (exact) mass is 496 g/mol. The minimum Gasteiger partial charge on any atom is -0.394 e. The predicted molar refractivity (Wildman–Crippen MR) is 147 cm³/mol. The van der Waals surface area contributed by atoms with E-state index in [1.54, 1.807) is 11.9 Å². The quantitative estimate of drug-likeness (QED) is 0.341. The van der Waals surface area contributed by atoms with Gasteiger partial charge in [0.1, 0.15) is 0 Å². The van der Waals surface area contributed by atoms with E-state index >= 15 is 0 Å². The lowest BCUT2D eigenvalue weighted by atomic mass is 9.93. The lowest BCUT2D eigenvalue weighted by molar-refractivity contribution is 0.102. The maximum atomic E-state index is 13.5. The number of nitrogens with zero attached hydrogens (tertiary/aromatic N) is 1. The number of piperidine rings is 1. The molecule has 0 unspecified atom stereocenters. The van der Waals surface area contributed by atoms with Gasteiger partial charge in [0.05, 0.1) is 23.4 Å². The van der Waals surface area contributed by atoms with Gasteiger partial charge in [0.15, 0.2) is 0 Å². The van der Waals surface area contributed by atoms with Gasteiger partial charge in [0, 0.05) is 34.9 Å². The molecule has 0 bridgehead atoms. The van der Waals surface area contributed by atoms with Crippen molar-refractivity contribution in [3.8, 4) is 0 Å². The van der Waals surface area contributed by atoms with Crippen LogP contribution in [0.15, 0.2) is 47.4 Å². The fourth-order valence-electron chi connectivity index (χ4n) is 4.44. The lowest BCUT2D eigenvalue weighted by Gasteiger charge is -2.35. The highest BCUT2D eigenvalue weighted by Gasteiger charge is 2.44.